The van der Waals surface area contributed by atoms with E-state index in [-0.39, 0.29) is 35.3 Å². The summed E-state index contributed by atoms with van der Waals surface area (Å²) in [6.45, 7) is 2.22. The molecule has 10 nitrogen and oxygen atoms in total. The Labute approximate surface area is 192 Å². The van der Waals surface area contributed by atoms with Crippen molar-refractivity contribution in [3.05, 3.63) is 29.8 Å². The number of hydrogen-bond donors (Lipinski definition) is 7. The van der Waals surface area contributed by atoms with E-state index in [0.717, 1.165) is 18.4 Å². The van der Waals surface area contributed by atoms with Gasteiger partial charge in [0, 0.05) is 0 Å². The molecule has 1 unspecified atom stereocenters. The van der Waals surface area contributed by atoms with Gasteiger partial charge < -0.3 is 44.9 Å². The summed E-state index contributed by atoms with van der Waals surface area (Å²) >= 11 is 0. The molecule has 1 aromatic carbocycles. The molecule has 0 spiro atoms. The number of hydrogen-bond acceptors (Lipinski definition) is 9. The van der Waals surface area contributed by atoms with Crippen molar-refractivity contribution in [2.45, 2.75) is 70.2 Å². The van der Waals surface area contributed by atoms with Crippen molar-refractivity contribution >= 4 is 7.82 Å². The Bertz CT molecular complexity index is 565. The summed E-state index contributed by atoms with van der Waals surface area (Å²) in [5, 5.41) is 46.3. The summed E-state index contributed by atoms with van der Waals surface area (Å²) in [6, 6.07) is 6.80. The summed E-state index contributed by atoms with van der Waals surface area (Å²) in [5.74, 6) is -7.64. The molecule has 0 aliphatic rings. The average molecular weight is 448 g/mol. The monoisotopic (exact) mass is 448 g/mol. The van der Waals surface area contributed by atoms with Crippen LogP contribution in [0.5, 0.6) is 5.75 Å². The summed E-state index contributed by atoms with van der Waals surface area (Å²) in [5.41, 5.74) is 1.16. The van der Waals surface area contributed by atoms with Gasteiger partial charge in [-0.25, -0.2) is 0 Å². The van der Waals surface area contributed by atoms with E-state index in [4.69, 9.17) is 35.5 Å². The second-order valence-electron chi connectivity index (χ2n) is 6.35. The molecule has 1 rings (SSSR count). The minimum absolute atomic E-state index is 0. The van der Waals surface area contributed by atoms with Crippen molar-refractivity contribution in [2.75, 3.05) is 0 Å². The van der Waals surface area contributed by atoms with Gasteiger partial charge in [0.1, 0.15) is 5.75 Å². The molecule has 0 saturated heterocycles. The third-order valence-corrected chi connectivity index (χ3v) is 4.10. The van der Waals surface area contributed by atoms with Gasteiger partial charge in [0.05, 0.1) is 0 Å². The molecule has 0 fully saturated rings. The first kappa shape index (κ1) is 31.1. The number of aryl methyl sites for hydroxylation is 1. The zero-order chi connectivity index (χ0) is 21.8. The first-order valence-electron chi connectivity index (χ1n) is 8.93. The molecule has 0 amide bonds. The van der Waals surface area contributed by atoms with Crippen molar-refractivity contribution in [3.8, 4) is 5.75 Å². The summed E-state index contributed by atoms with van der Waals surface area (Å²) in [6.07, 6.45) is 9.90. The van der Waals surface area contributed by atoms with Crippen molar-refractivity contribution in [1.29, 1.82) is 0 Å². The SMILES string of the molecule is CCCCCCCCCc1ccc(OP(=O)([O-])O)cc1.OC(O)(O)C(O)(O)O.[Na+]. The molecule has 0 radical (unpaired) electrons. The van der Waals surface area contributed by atoms with Crippen LogP contribution < -0.4 is 39.0 Å². The topological polar surface area (TPSA) is 191 Å². The van der Waals surface area contributed by atoms with Crippen LogP contribution in [0.25, 0.3) is 0 Å². The second kappa shape index (κ2) is 14.9. The van der Waals surface area contributed by atoms with E-state index in [1.807, 2.05) is 12.1 Å². The third-order valence-electron chi connectivity index (χ3n) is 3.66. The van der Waals surface area contributed by atoms with Crippen molar-refractivity contribution < 1.29 is 79.1 Å². The van der Waals surface area contributed by atoms with Gasteiger partial charge in [-0.15, -0.1) is 0 Å². The number of unbranched alkanes of at least 4 members (excludes halogenated alkanes) is 6. The Morgan fingerprint density at radius 3 is 1.66 bits per heavy atom. The van der Waals surface area contributed by atoms with Crippen molar-refractivity contribution in [2.24, 2.45) is 0 Å². The number of phosphoric acid groups is 1. The maximum atomic E-state index is 10.6. The smallest absolute Gasteiger partial charge is 0.746 e. The Morgan fingerprint density at radius 2 is 1.28 bits per heavy atom. The van der Waals surface area contributed by atoms with Crippen LogP contribution in [0.2, 0.25) is 0 Å². The largest absolute Gasteiger partial charge is 1.00 e. The third kappa shape index (κ3) is 17.3. The summed E-state index contributed by atoms with van der Waals surface area (Å²) in [4.78, 5) is 19.1. The van der Waals surface area contributed by atoms with Crippen LogP contribution in [0.3, 0.4) is 0 Å². The normalized spacial score (nSPS) is 13.6. The summed E-state index contributed by atoms with van der Waals surface area (Å²) in [7, 11) is -4.69. The quantitative estimate of drug-likeness (QED) is 0.0798. The molecule has 0 bridgehead atoms. The summed E-state index contributed by atoms with van der Waals surface area (Å²) < 4.78 is 15.0. The van der Waals surface area contributed by atoms with E-state index in [9.17, 15) is 9.46 Å². The van der Waals surface area contributed by atoms with Crippen LogP contribution in [0.15, 0.2) is 24.3 Å². The van der Waals surface area contributed by atoms with Crippen LogP contribution in [-0.4, -0.2) is 47.5 Å². The zero-order valence-corrected chi connectivity index (χ0v) is 19.7. The van der Waals surface area contributed by atoms with E-state index in [2.05, 4.69) is 11.4 Å². The van der Waals surface area contributed by atoms with Crippen LogP contribution in [0, 0.1) is 0 Å². The molecule has 0 aromatic heterocycles. The molecule has 0 heterocycles. The molecule has 1 atom stereocenters. The van der Waals surface area contributed by atoms with E-state index in [1.54, 1.807) is 12.1 Å². The molecule has 0 aliphatic carbocycles. The van der Waals surface area contributed by atoms with Gasteiger partial charge in [-0.05, 0) is 30.5 Å². The van der Waals surface area contributed by atoms with Gasteiger partial charge >= 0.3 is 49.3 Å². The maximum Gasteiger partial charge on any atom is 1.00 e. The van der Waals surface area contributed by atoms with Gasteiger partial charge in [-0.3, -0.25) is 4.57 Å². The van der Waals surface area contributed by atoms with Gasteiger partial charge in [0.2, 0.25) is 0 Å². The van der Waals surface area contributed by atoms with Crippen molar-refractivity contribution in [3.63, 3.8) is 0 Å². The minimum atomic E-state index is -4.69. The number of phosphoric ester groups is 1. The molecule has 29 heavy (non-hydrogen) atoms. The first-order chi connectivity index (χ1) is 12.8. The predicted molar refractivity (Wildman–Crippen MR) is 97.4 cm³/mol. The van der Waals surface area contributed by atoms with Crippen molar-refractivity contribution in [1.82, 2.24) is 0 Å². The Balaban J connectivity index is 0. The standard InChI is InChI=1S/C15H25O4P.C2H6O6.Na/c1-2-3-4-5-6-7-8-9-14-10-12-15(13-11-14)19-20(16,17)18;3-1(4,5)2(6,7)8;/h10-13H,2-9H2,1H3,(H2,16,17,18);3-8H;/q;;+1/p-1. The zero-order valence-electron chi connectivity index (χ0n) is 16.8. The fraction of sp³-hybridized carbons (Fsp3) is 0.647. The minimum Gasteiger partial charge on any atom is -0.746 e. The average Bonchev–Trinajstić information content (AvgIpc) is 2.53. The molecule has 0 aliphatic heterocycles. The van der Waals surface area contributed by atoms with Crippen LogP contribution in [0.1, 0.15) is 57.4 Å². The molecular formula is C17H30NaO10P. The number of benzene rings is 1. The molecule has 1 aromatic rings. The predicted octanol–water partition coefficient (Wildman–Crippen LogP) is -2.93. The molecule has 0 saturated carbocycles. The van der Waals surface area contributed by atoms with E-state index >= 15 is 0 Å². The van der Waals surface area contributed by atoms with Crippen LogP contribution in [0.4, 0.5) is 0 Å². The van der Waals surface area contributed by atoms with E-state index in [0.29, 0.717) is 0 Å². The molecule has 7 N–H and O–H groups in total. The molecular weight excluding hydrogens is 418 g/mol. The van der Waals surface area contributed by atoms with Crippen LogP contribution in [-0.2, 0) is 11.0 Å². The van der Waals surface area contributed by atoms with Crippen LogP contribution >= 0.6 is 7.82 Å². The Hall–Kier alpha value is -0.0700. The van der Waals surface area contributed by atoms with Gasteiger partial charge in [0.15, 0.2) is 0 Å². The van der Waals surface area contributed by atoms with E-state index < -0.39 is 19.8 Å². The fourth-order valence-corrected chi connectivity index (χ4v) is 2.52. The fourth-order valence-electron chi connectivity index (χ4n) is 2.14. The van der Waals surface area contributed by atoms with Gasteiger partial charge in [-0.1, -0.05) is 57.6 Å². The van der Waals surface area contributed by atoms with Gasteiger partial charge in [0.25, 0.3) is 0 Å². The molecule has 164 valence electrons. The Morgan fingerprint density at radius 1 is 0.862 bits per heavy atom. The first-order valence-corrected chi connectivity index (χ1v) is 10.4. The van der Waals surface area contributed by atoms with Gasteiger partial charge in [-0.2, -0.15) is 0 Å². The number of rotatable bonds is 11. The Kier molecular flexibility index (Phi) is 15.9. The molecule has 12 heteroatoms. The van der Waals surface area contributed by atoms with E-state index in [1.165, 1.54) is 38.5 Å². The number of aliphatic hydroxyl groups is 6. The second-order valence-corrected chi connectivity index (χ2v) is 7.47. The maximum absolute atomic E-state index is 10.6.